The second-order valence-electron chi connectivity index (χ2n) is 4.86. The number of nitrogens with zero attached hydrogens (tertiary/aromatic N) is 3. The molecule has 122 valence electrons. The molecule has 1 amide bonds. The van der Waals surface area contributed by atoms with E-state index in [2.05, 4.69) is 15.4 Å². The van der Waals surface area contributed by atoms with Crippen molar-refractivity contribution >= 4 is 11.6 Å². The summed E-state index contributed by atoms with van der Waals surface area (Å²) in [5.74, 6) is 0.934. The number of hydrogen-bond acceptors (Lipinski definition) is 5. The average molecular weight is 324 g/mol. The van der Waals surface area contributed by atoms with E-state index in [0.29, 0.717) is 17.2 Å². The van der Waals surface area contributed by atoms with E-state index in [9.17, 15) is 4.79 Å². The summed E-state index contributed by atoms with van der Waals surface area (Å²) in [5, 5.41) is 6.94. The van der Waals surface area contributed by atoms with Gasteiger partial charge in [0.15, 0.2) is 6.61 Å². The van der Waals surface area contributed by atoms with Gasteiger partial charge in [0.1, 0.15) is 11.5 Å². The zero-order valence-electron chi connectivity index (χ0n) is 13.0. The van der Waals surface area contributed by atoms with Crippen LogP contribution in [0.4, 0.5) is 5.69 Å². The summed E-state index contributed by atoms with van der Waals surface area (Å²) in [5.41, 5.74) is 1.28. The van der Waals surface area contributed by atoms with Crippen LogP contribution in [0.15, 0.2) is 61.2 Å². The van der Waals surface area contributed by atoms with Crippen molar-refractivity contribution in [1.29, 1.82) is 0 Å². The van der Waals surface area contributed by atoms with Crippen LogP contribution in [0.25, 0.3) is 5.69 Å². The van der Waals surface area contributed by atoms with Gasteiger partial charge in [-0.2, -0.15) is 5.10 Å². The lowest BCUT2D eigenvalue weighted by atomic mass is 10.3. The molecule has 0 atom stereocenters. The third kappa shape index (κ3) is 3.70. The Morgan fingerprint density at radius 2 is 2.08 bits per heavy atom. The summed E-state index contributed by atoms with van der Waals surface area (Å²) in [6, 6.07) is 10.6. The van der Waals surface area contributed by atoms with Crippen LogP contribution in [0.1, 0.15) is 0 Å². The van der Waals surface area contributed by atoms with Crippen molar-refractivity contribution in [2.75, 3.05) is 19.0 Å². The monoisotopic (exact) mass is 324 g/mol. The number of pyridine rings is 1. The normalized spacial score (nSPS) is 10.2. The van der Waals surface area contributed by atoms with Gasteiger partial charge in [-0.15, -0.1) is 0 Å². The maximum absolute atomic E-state index is 12.1. The summed E-state index contributed by atoms with van der Waals surface area (Å²) >= 11 is 0. The molecule has 7 heteroatoms. The van der Waals surface area contributed by atoms with Crippen molar-refractivity contribution in [3.8, 4) is 17.2 Å². The molecule has 0 spiro atoms. The largest absolute Gasteiger partial charge is 0.497 e. The number of benzene rings is 1. The number of methoxy groups -OCH3 is 1. The minimum absolute atomic E-state index is 0.124. The summed E-state index contributed by atoms with van der Waals surface area (Å²) in [6.45, 7) is -0.124. The Labute approximate surface area is 138 Å². The number of ether oxygens (including phenoxy) is 2. The Morgan fingerprint density at radius 3 is 2.88 bits per heavy atom. The fraction of sp³-hybridized carbons (Fsp3) is 0.118. The summed E-state index contributed by atoms with van der Waals surface area (Å²) < 4.78 is 12.2. The van der Waals surface area contributed by atoms with E-state index in [1.54, 1.807) is 73.0 Å². The molecular formula is C17H16N4O3. The maximum atomic E-state index is 12.1. The average Bonchev–Trinajstić information content (AvgIpc) is 3.15. The molecule has 1 N–H and O–H groups in total. The summed E-state index contributed by atoms with van der Waals surface area (Å²) in [6.07, 6.45) is 6.66. The van der Waals surface area contributed by atoms with E-state index in [1.165, 1.54) is 0 Å². The lowest BCUT2D eigenvalue weighted by Gasteiger charge is -2.11. The number of carbonyl (C=O) groups excluding carboxylic acids is 1. The molecule has 7 nitrogen and oxygen atoms in total. The molecule has 3 rings (SSSR count). The number of nitrogens with one attached hydrogen (secondary N) is 1. The highest BCUT2D eigenvalue weighted by Gasteiger charge is 2.09. The fourth-order valence-corrected chi connectivity index (χ4v) is 2.12. The minimum atomic E-state index is -0.292. The van der Waals surface area contributed by atoms with Crippen LogP contribution >= 0.6 is 0 Å². The van der Waals surface area contributed by atoms with Crippen molar-refractivity contribution in [3.63, 3.8) is 0 Å². The first-order chi connectivity index (χ1) is 11.8. The Balaban J connectivity index is 1.65. The molecule has 24 heavy (non-hydrogen) atoms. The molecule has 2 heterocycles. The second-order valence-corrected chi connectivity index (χ2v) is 4.86. The van der Waals surface area contributed by atoms with Crippen molar-refractivity contribution < 1.29 is 14.3 Å². The van der Waals surface area contributed by atoms with Crippen molar-refractivity contribution in [1.82, 2.24) is 14.8 Å². The minimum Gasteiger partial charge on any atom is -0.497 e. The standard InChI is InChI=1S/C17H16N4O3/c1-23-13-4-2-5-14(10-13)24-12-17(22)20-15-11-18-8-6-16(15)21-9-3-7-19-21/h2-11H,12H2,1H3,(H,20,22). The highest BCUT2D eigenvalue weighted by atomic mass is 16.5. The van der Waals surface area contributed by atoms with E-state index in [0.717, 1.165) is 5.69 Å². The Morgan fingerprint density at radius 1 is 1.21 bits per heavy atom. The number of hydrogen-bond donors (Lipinski definition) is 1. The van der Waals surface area contributed by atoms with Gasteiger partial charge < -0.3 is 14.8 Å². The quantitative estimate of drug-likeness (QED) is 0.753. The van der Waals surface area contributed by atoms with Crippen molar-refractivity contribution in [2.45, 2.75) is 0 Å². The molecule has 0 aliphatic carbocycles. The van der Waals surface area contributed by atoms with Crippen LogP contribution in [0, 0.1) is 0 Å². The predicted octanol–water partition coefficient (Wildman–Crippen LogP) is 2.29. The number of aromatic nitrogens is 3. The molecule has 0 aliphatic rings. The van der Waals surface area contributed by atoms with E-state index in [4.69, 9.17) is 9.47 Å². The molecule has 0 aliphatic heterocycles. The fourth-order valence-electron chi connectivity index (χ4n) is 2.12. The molecule has 1 aromatic carbocycles. The number of amides is 1. The molecule has 0 saturated carbocycles. The van der Waals surface area contributed by atoms with Crippen LogP contribution in [0.2, 0.25) is 0 Å². The first kappa shape index (κ1) is 15.5. The SMILES string of the molecule is COc1cccc(OCC(=O)Nc2cnccc2-n2cccn2)c1. The van der Waals surface area contributed by atoms with Gasteiger partial charge in [-0.25, -0.2) is 4.68 Å². The Hall–Kier alpha value is -3.35. The van der Waals surface area contributed by atoms with Gasteiger partial charge >= 0.3 is 0 Å². The van der Waals surface area contributed by atoms with Crippen molar-refractivity contribution in [3.05, 3.63) is 61.2 Å². The molecule has 0 unspecified atom stereocenters. The third-order valence-electron chi connectivity index (χ3n) is 3.23. The molecule has 2 aromatic heterocycles. The molecule has 3 aromatic rings. The zero-order chi connectivity index (χ0) is 16.8. The van der Waals surface area contributed by atoms with Gasteiger partial charge in [0.2, 0.25) is 0 Å². The van der Waals surface area contributed by atoms with Gasteiger partial charge in [-0.1, -0.05) is 6.07 Å². The molecule has 0 saturated heterocycles. The third-order valence-corrected chi connectivity index (χ3v) is 3.23. The summed E-state index contributed by atoms with van der Waals surface area (Å²) in [4.78, 5) is 16.2. The Bertz CT molecular complexity index is 818. The van der Waals surface area contributed by atoms with E-state index in [-0.39, 0.29) is 12.5 Å². The van der Waals surface area contributed by atoms with E-state index >= 15 is 0 Å². The number of carbonyl (C=O) groups is 1. The van der Waals surface area contributed by atoms with Gasteiger partial charge in [-0.05, 0) is 24.3 Å². The van der Waals surface area contributed by atoms with Crippen LogP contribution < -0.4 is 14.8 Å². The van der Waals surface area contributed by atoms with E-state index < -0.39 is 0 Å². The lowest BCUT2D eigenvalue weighted by molar-refractivity contribution is -0.118. The topological polar surface area (TPSA) is 78.3 Å². The Kier molecular flexibility index (Phi) is 4.71. The number of rotatable bonds is 6. The van der Waals surface area contributed by atoms with Crippen LogP contribution in [-0.2, 0) is 4.79 Å². The lowest BCUT2D eigenvalue weighted by Crippen LogP contribution is -2.21. The maximum Gasteiger partial charge on any atom is 0.262 e. The van der Waals surface area contributed by atoms with Crippen LogP contribution in [0.5, 0.6) is 11.5 Å². The molecule has 0 fully saturated rings. The predicted molar refractivity (Wildman–Crippen MR) is 88.5 cm³/mol. The number of anilines is 1. The van der Waals surface area contributed by atoms with E-state index in [1.807, 2.05) is 0 Å². The van der Waals surface area contributed by atoms with Gasteiger partial charge in [0.25, 0.3) is 5.91 Å². The zero-order valence-corrected chi connectivity index (χ0v) is 13.0. The first-order valence-corrected chi connectivity index (χ1v) is 7.27. The van der Waals surface area contributed by atoms with Crippen LogP contribution in [-0.4, -0.2) is 34.4 Å². The smallest absolute Gasteiger partial charge is 0.262 e. The molecule has 0 bridgehead atoms. The summed E-state index contributed by atoms with van der Waals surface area (Å²) in [7, 11) is 1.57. The van der Waals surface area contributed by atoms with Gasteiger partial charge in [-0.3, -0.25) is 9.78 Å². The molecule has 0 radical (unpaired) electrons. The first-order valence-electron chi connectivity index (χ1n) is 7.27. The van der Waals surface area contributed by atoms with Crippen LogP contribution in [0.3, 0.4) is 0 Å². The molecular weight excluding hydrogens is 308 g/mol. The second kappa shape index (κ2) is 7.28. The van der Waals surface area contributed by atoms with Crippen molar-refractivity contribution in [2.24, 2.45) is 0 Å². The van der Waals surface area contributed by atoms with Gasteiger partial charge in [0, 0.05) is 24.7 Å². The highest BCUT2D eigenvalue weighted by molar-refractivity contribution is 5.93. The van der Waals surface area contributed by atoms with Gasteiger partial charge in [0.05, 0.1) is 24.7 Å². The highest BCUT2D eigenvalue weighted by Crippen LogP contribution is 2.20.